The van der Waals surface area contributed by atoms with Gasteiger partial charge < -0.3 is 20.1 Å². The summed E-state index contributed by atoms with van der Waals surface area (Å²) in [6.07, 6.45) is -0.655. The molecule has 0 heterocycles. The van der Waals surface area contributed by atoms with Crippen LogP contribution >= 0.6 is 0 Å². The van der Waals surface area contributed by atoms with E-state index in [2.05, 4.69) is 5.32 Å². The van der Waals surface area contributed by atoms with Crippen molar-refractivity contribution in [2.75, 3.05) is 26.2 Å². The molecule has 1 aromatic carbocycles. The molecule has 0 saturated heterocycles. The van der Waals surface area contributed by atoms with Crippen molar-refractivity contribution in [1.82, 2.24) is 10.2 Å². The monoisotopic (exact) mass is 294 g/mol. The number of hydrogen-bond acceptors (Lipinski definition) is 4. The summed E-state index contributed by atoms with van der Waals surface area (Å²) < 4.78 is 5.47. The first-order chi connectivity index (χ1) is 10.1. The van der Waals surface area contributed by atoms with Gasteiger partial charge in [-0.3, -0.25) is 4.79 Å². The van der Waals surface area contributed by atoms with Crippen LogP contribution in [0, 0.1) is 0 Å². The number of benzene rings is 1. The number of hydrogen-bond donors (Lipinski definition) is 2. The summed E-state index contributed by atoms with van der Waals surface area (Å²) in [5, 5.41) is 12.9. The summed E-state index contributed by atoms with van der Waals surface area (Å²) in [5.74, 6) is 0.778. The number of ether oxygens (including phenoxy) is 1. The molecule has 0 fully saturated rings. The topological polar surface area (TPSA) is 61.8 Å². The highest BCUT2D eigenvalue weighted by molar-refractivity contribution is 5.81. The summed E-state index contributed by atoms with van der Waals surface area (Å²) in [4.78, 5) is 13.8. The molecule has 1 aromatic rings. The van der Waals surface area contributed by atoms with E-state index in [4.69, 9.17) is 4.74 Å². The molecule has 1 rings (SSSR count). The Morgan fingerprint density at radius 3 is 2.48 bits per heavy atom. The molecule has 5 nitrogen and oxygen atoms in total. The molecule has 0 saturated carbocycles. The van der Waals surface area contributed by atoms with E-state index in [0.29, 0.717) is 19.6 Å². The Morgan fingerprint density at radius 1 is 1.29 bits per heavy atom. The van der Waals surface area contributed by atoms with Gasteiger partial charge in [-0.05, 0) is 32.9 Å². The normalized spacial score (nSPS) is 13.5. The Balaban J connectivity index is 2.29. The zero-order valence-corrected chi connectivity index (χ0v) is 13.1. The van der Waals surface area contributed by atoms with Crippen LogP contribution in [-0.2, 0) is 4.79 Å². The Bertz CT molecular complexity index is 407. The number of aliphatic hydroxyl groups excluding tert-OH is 1. The lowest BCUT2D eigenvalue weighted by Crippen LogP contribution is -2.47. The SMILES string of the molecule is CCN(CC)C(=O)C(C)NCC(O)COc1ccccc1. The molecule has 0 aliphatic rings. The lowest BCUT2D eigenvalue weighted by molar-refractivity contribution is -0.132. The van der Waals surface area contributed by atoms with Crippen LogP contribution in [-0.4, -0.2) is 54.3 Å². The highest BCUT2D eigenvalue weighted by Gasteiger charge is 2.18. The standard InChI is InChI=1S/C16H26N2O3/c1-4-18(5-2)16(20)13(3)17-11-14(19)12-21-15-9-7-6-8-10-15/h6-10,13-14,17,19H,4-5,11-12H2,1-3H3. The number of para-hydroxylation sites is 1. The average Bonchev–Trinajstić information content (AvgIpc) is 2.52. The maximum Gasteiger partial charge on any atom is 0.239 e. The molecule has 0 aromatic heterocycles. The number of aliphatic hydroxyl groups is 1. The minimum Gasteiger partial charge on any atom is -0.491 e. The highest BCUT2D eigenvalue weighted by atomic mass is 16.5. The maximum atomic E-state index is 12.0. The minimum absolute atomic E-state index is 0.0520. The smallest absolute Gasteiger partial charge is 0.239 e. The van der Waals surface area contributed by atoms with Gasteiger partial charge in [-0.15, -0.1) is 0 Å². The van der Waals surface area contributed by atoms with E-state index in [1.807, 2.05) is 51.1 Å². The van der Waals surface area contributed by atoms with Crippen LogP contribution < -0.4 is 10.1 Å². The third-order valence-corrected chi connectivity index (χ3v) is 3.29. The molecule has 118 valence electrons. The first kappa shape index (κ1) is 17.5. The summed E-state index contributed by atoms with van der Waals surface area (Å²) in [6.45, 7) is 7.63. The molecular weight excluding hydrogens is 268 g/mol. The van der Waals surface area contributed by atoms with Crippen molar-refractivity contribution in [3.63, 3.8) is 0 Å². The van der Waals surface area contributed by atoms with Gasteiger partial charge in [-0.1, -0.05) is 18.2 Å². The Hall–Kier alpha value is -1.59. The largest absolute Gasteiger partial charge is 0.491 e. The number of amides is 1. The summed E-state index contributed by atoms with van der Waals surface area (Å²) in [7, 11) is 0. The number of carbonyl (C=O) groups excluding carboxylic acids is 1. The van der Waals surface area contributed by atoms with Gasteiger partial charge in [-0.2, -0.15) is 0 Å². The van der Waals surface area contributed by atoms with Crippen LogP contribution in [0.25, 0.3) is 0 Å². The van der Waals surface area contributed by atoms with Gasteiger partial charge in [0.1, 0.15) is 18.5 Å². The molecule has 0 spiro atoms. The van der Waals surface area contributed by atoms with Gasteiger partial charge in [-0.25, -0.2) is 0 Å². The molecule has 2 atom stereocenters. The van der Waals surface area contributed by atoms with Gasteiger partial charge in [0.25, 0.3) is 0 Å². The predicted molar refractivity (Wildman–Crippen MR) is 83.3 cm³/mol. The van der Waals surface area contributed by atoms with Crippen molar-refractivity contribution >= 4 is 5.91 Å². The average molecular weight is 294 g/mol. The van der Waals surface area contributed by atoms with Crippen molar-refractivity contribution in [3.8, 4) is 5.75 Å². The summed E-state index contributed by atoms with van der Waals surface area (Å²) >= 11 is 0. The lowest BCUT2D eigenvalue weighted by atomic mass is 10.2. The van der Waals surface area contributed by atoms with Gasteiger partial charge in [0.05, 0.1) is 6.04 Å². The number of nitrogens with one attached hydrogen (secondary N) is 1. The van der Waals surface area contributed by atoms with Gasteiger partial charge in [0.15, 0.2) is 0 Å². The predicted octanol–water partition coefficient (Wildman–Crippen LogP) is 1.27. The van der Waals surface area contributed by atoms with Crippen molar-refractivity contribution < 1.29 is 14.6 Å². The van der Waals surface area contributed by atoms with Crippen LogP contribution in [0.15, 0.2) is 30.3 Å². The Kier molecular flexibility index (Phi) is 7.79. The first-order valence-electron chi connectivity index (χ1n) is 7.46. The zero-order chi connectivity index (χ0) is 15.7. The second-order valence-electron chi connectivity index (χ2n) is 4.92. The fourth-order valence-corrected chi connectivity index (χ4v) is 1.98. The third-order valence-electron chi connectivity index (χ3n) is 3.29. The fourth-order valence-electron chi connectivity index (χ4n) is 1.98. The molecule has 21 heavy (non-hydrogen) atoms. The van der Waals surface area contributed by atoms with Crippen LogP contribution in [0.5, 0.6) is 5.75 Å². The maximum absolute atomic E-state index is 12.0. The number of carbonyl (C=O) groups is 1. The summed E-state index contributed by atoms with van der Waals surface area (Å²) in [5.41, 5.74) is 0. The number of likely N-dealkylation sites (N-methyl/N-ethyl adjacent to an activating group) is 1. The molecule has 2 unspecified atom stereocenters. The number of rotatable bonds is 9. The van der Waals surface area contributed by atoms with Crippen LogP contribution in [0.4, 0.5) is 0 Å². The molecule has 5 heteroatoms. The minimum atomic E-state index is -0.655. The first-order valence-corrected chi connectivity index (χ1v) is 7.46. The van der Waals surface area contributed by atoms with Crippen molar-refractivity contribution in [1.29, 1.82) is 0 Å². The Labute approximate surface area is 126 Å². The molecule has 0 aliphatic carbocycles. The van der Waals surface area contributed by atoms with Crippen LogP contribution in [0.1, 0.15) is 20.8 Å². The molecule has 0 aliphatic heterocycles. The van der Waals surface area contributed by atoms with Crippen LogP contribution in [0.2, 0.25) is 0 Å². The van der Waals surface area contributed by atoms with E-state index >= 15 is 0 Å². The second-order valence-corrected chi connectivity index (χ2v) is 4.92. The van der Waals surface area contributed by atoms with E-state index < -0.39 is 6.10 Å². The van der Waals surface area contributed by atoms with Crippen molar-refractivity contribution in [2.24, 2.45) is 0 Å². The van der Waals surface area contributed by atoms with E-state index in [0.717, 1.165) is 5.75 Å². The fraction of sp³-hybridized carbons (Fsp3) is 0.562. The third kappa shape index (κ3) is 6.14. The molecular formula is C16H26N2O3. The molecule has 0 radical (unpaired) electrons. The van der Waals surface area contributed by atoms with E-state index in [1.54, 1.807) is 4.90 Å². The van der Waals surface area contributed by atoms with E-state index in [-0.39, 0.29) is 18.6 Å². The van der Waals surface area contributed by atoms with E-state index in [1.165, 1.54) is 0 Å². The quantitative estimate of drug-likeness (QED) is 0.720. The van der Waals surface area contributed by atoms with Gasteiger partial charge >= 0.3 is 0 Å². The van der Waals surface area contributed by atoms with Gasteiger partial charge in [0, 0.05) is 19.6 Å². The van der Waals surface area contributed by atoms with Crippen LogP contribution in [0.3, 0.4) is 0 Å². The van der Waals surface area contributed by atoms with Gasteiger partial charge in [0.2, 0.25) is 5.91 Å². The number of nitrogens with zero attached hydrogens (tertiary/aromatic N) is 1. The van der Waals surface area contributed by atoms with E-state index in [9.17, 15) is 9.90 Å². The van der Waals surface area contributed by atoms with Crippen molar-refractivity contribution in [2.45, 2.75) is 32.9 Å². The van der Waals surface area contributed by atoms with Crippen molar-refractivity contribution in [3.05, 3.63) is 30.3 Å². The molecule has 1 amide bonds. The zero-order valence-electron chi connectivity index (χ0n) is 13.1. The lowest BCUT2D eigenvalue weighted by Gasteiger charge is -2.24. The summed E-state index contributed by atoms with van der Waals surface area (Å²) in [6, 6.07) is 9.04. The molecule has 2 N–H and O–H groups in total. The Morgan fingerprint density at radius 2 is 1.90 bits per heavy atom. The second kappa shape index (κ2) is 9.37. The highest BCUT2D eigenvalue weighted by Crippen LogP contribution is 2.08. The molecule has 0 bridgehead atoms.